The van der Waals surface area contributed by atoms with Crippen LogP contribution >= 0.6 is 0 Å². The number of carbonyl (C=O) groups excluding carboxylic acids is 1. The number of hydrogen-bond acceptors (Lipinski definition) is 3. The molecule has 5 nitrogen and oxygen atoms in total. The number of piperazine rings is 1. The minimum Gasteiger partial charge on any atom is -0.368 e. The Hall–Kier alpha value is -2.30. The van der Waals surface area contributed by atoms with Crippen LogP contribution in [0.5, 0.6) is 0 Å². The molecule has 1 unspecified atom stereocenters. The van der Waals surface area contributed by atoms with Crippen molar-refractivity contribution in [2.75, 3.05) is 24.5 Å². The summed E-state index contributed by atoms with van der Waals surface area (Å²) in [5.74, 6) is 1.15. The fraction of sp³-hybridized carbons (Fsp3) is 0.474. The molecule has 1 aromatic carbocycles. The van der Waals surface area contributed by atoms with Gasteiger partial charge in [0.2, 0.25) is 0 Å². The summed E-state index contributed by atoms with van der Waals surface area (Å²) >= 11 is 0. The molecular formula is C19H24N4O. The van der Waals surface area contributed by atoms with Crippen molar-refractivity contribution in [2.24, 2.45) is 0 Å². The molecule has 4 rings (SSSR count). The van der Waals surface area contributed by atoms with Crippen LogP contribution in [0.2, 0.25) is 0 Å². The van der Waals surface area contributed by atoms with Crippen molar-refractivity contribution in [3.05, 3.63) is 48.0 Å². The molecule has 1 amide bonds. The largest absolute Gasteiger partial charge is 0.368 e. The Kier molecular flexibility index (Phi) is 4.00. The van der Waals surface area contributed by atoms with E-state index >= 15 is 0 Å². The summed E-state index contributed by atoms with van der Waals surface area (Å²) in [5.41, 5.74) is 1.85. The van der Waals surface area contributed by atoms with Crippen LogP contribution in [0.1, 0.15) is 36.1 Å². The van der Waals surface area contributed by atoms with Crippen molar-refractivity contribution in [3.8, 4) is 0 Å². The highest BCUT2D eigenvalue weighted by atomic mass is 16.2. The maximum Gasteiger partial charge on any atom is 0.274 e. The molecule has 1 saturated heterocycles. The number of benzene rings is 1. The number of amides is 1. The number of hydrogen-bond donors (Lipinski definition) is 0. The van der Waals surface area contributed by atoms with Gasteiger partial charge < -0.3 is 14.4 Å². The van der Waals surface area contributed by atoms with Crippen molar-refractivity contribution in [3.63, 3.8) is 0 Å². The lowest BCUT2D eigenvalue weighted by Crippen LogP contribution is -2.54. The van der Waals surface area contributed by atoms with E-state index in [1.54, 1.807) is 0 Å². The Morgan fingerprint density at radius 3 is 2.71 bits per heavy atom. The third kappa shape index (κ3) is 2.79. The van der Waals surface area contributed by atoms with Crippen LogP contribution < -0.4 is 4.90 Å². The number of nitrogens with zero attached hydrogens (tertiary/aromatic N) is 4. The summed E-state index contributed by atoms with van der Waals surface area (Å²) in [7, 11) is 0. The van der Waals surface area contributed by atoms with E-state index in [1.807, 2.05) is 17.2 Å². The van der Waals surface area contributed by atoms with Gasteiger partial charge >= 0.3 is 0 Å². The number of carbonyl (C=O) groups is 1. The lowest BCUT2D eigenvalue weighted by molar-refractivity contribution is 0.0668. The van der Waals surface area contributed by atoms with Gasteiger partial charge in [-0.05, 0) is 31.9 Å². The Balaban J connectivity index is 1.47. The first kappa shape index (κ1) is 15.2. The van der Waals surface area contributed by atoms with E-state index in [0.717, 1.165) is 38.4 Å². The Morgan fingerprint density at radius 2 is 1.96 bits per heavy atom. The minimum absolute atomic E-state index is 0.0807. The summed E-state index contributed by atoms with van der Waals surface area (Å²) in [6, 6.07) is 10.6. The average Bonchev–Trinajstić information content (AvgIpc) is 3.06. The number of anilines is 1. The third-order valence-corrected chi connectivity index (χ3v) is 5.14. The fourth-order valence-corrected chi connectivity index (χ4v) is 3.80. The van der Waals surface area contributed by atoms with Crippen LogP contribution in [0, 0.1) is 0 Å². The number of fused-ring (bicyclic) bond motifs is 1. The summed E-state index contributed by atoms with van der Waals surface area (Å²) in [4.78, 5) is 21.8. The van der Waals surface area contributed by atoms with E-state index in [1.165, 1.54) is 18.5 Å². The van der Waals surface area contributed by atoms with Gasteiger partial charge in [-0.1, -0.05) is 18.2 Å². The fourth-order valence-electron chi connectivity index (χ4n) is 3.80. The van der Waals surface area contributed by atoms with Gasteiger partial charge in [-0.15, -0.1) is 0 Å². The van der Waals surface area contributed by atoms with Crippen LogP contribution in [0.3, 0.4) is 0 Å². The maximum absolute atomic E-state index is 12.9. The van der Waals surface area contributed by atoms with Gasteiger partial charge in [-0.3, -0.25) is 4.79 Å². The van der Waals surface area contributed by atoms with E-state index in [4.69, 9.17) is 0 Å². The Morgan fingerprint density at radius 1 is 1.12 bits per heavy atom. The number of imidazole rings is 1. The molecule has 1 aromatic heterocycles. The van der Waals surface area contributed by atoms with E-state index in [-0.39, 0.29) is 11.9 Å². The highest BCUT2D eigenvalue weighted by Crippen LogP contribution is 2.21. The second kappa shape index (κ2) is 6.30. The van der Waals surface area contributed by atoms with Gasteiger partial charge in [0.1, 0.15) is 11.5 Å². The molecule has 0 bridgehead atoms. The van der Waals surface area contributed by atoms with Crippen molar-refractivity contribution in [1.29, 1.82) is 0 Å². The molecule has 24 heavy (non-hydrogen) atoms. The first-order chi connectivity index (χ1) is 11.7. The molecule has 0 N–H and O–H groups in total. The summed E-state index contributed by atoms with van der Waals surface area (Å²) in [6.07, 6.45) is 5.30. The predicted molar refractivity (Wildman–Crippen MR) is 94.3 cm³/mol. The number of aryl methyl sites for hydroxylation is 2. The number of aromatic nitrogens is 2. The number of para-hydroxylation sites is 1. The monoisotopic (exact) mass is 324 g/mol. The van der Waals surface area contributed by atoms with Gasteiger partial charge in [0, 0.05) is 50.5 Å². The molecule has 0 aliphatic carbocycles. The summed E-state index contributed by atoms with van der Waals surface area (Å²) < 4.78 is 2.15. The second-order valence-electron chi connectivity index (χ2n) is 6.82. The zero-order chi connectivity index (χ0) is 16.5. The second-order valence-corrected chi connectivity index (χ2v) is 6.82. The van der Waals surface area contributed by atoms with Gasteiger partial charge in [0.25, 0.3) is 5.91 Å². The standard InChI is InChI=1S/C19H24N4O/c1-15-13-21(16-7-3-2-4-8-16)11-12-23(15)19(24)17-14-22-10-6-5-9-18(22)20-17/h2-4,7-8,14-15H,5-6,9-13H2,1H3. The normalized spacial score (nSPS) is 20.8. The van der Waals surface area contributed by atoms with Crippen LogP contribution in [0.25, 0.3) is 0 Å². The first-order valence-electron chi connectivity index (χ1n) is 8.89. The van der Waals surface area contributed by atoms with Gasteiger partial charge in [0.15, 0.2) is 0 Å². The first-order valence-corrected chi connectivity index (χ1v) is 8.89. The average molecular weight is 324 g/mol. The molecule has 0 spiro atoms. The van der Waals surface area contributed by atoms with Gasteiger partial charge in [-0.2, -0.15) is 0 Å². The van der Waals surface area contributed by atoms with Crippen molar-refractivity contribution in [2.45, 2.75) is 38.8 Å². The highest BCUT2D eigenvalue weighted by Gasteiger charge is 2.30. The van der Waals surface area contributed by atoms with Crippen LogP contribution in [0.4, 0.5) is 5.69 Å². The van der Waals surface area contributed by atoms with Crippen molar-refractivity contribution in [1.82, 2.24) is 14.5 Å². The highest BCUT2D eigenvalue weighted by molar-refractivity contribution is 5.92. The lowest BCUT2D eigenvalue weighted by atomic mass is 10.1. The van der Waals surface area contributed by atoms with Crippen LogP contribution in [-0.2, 0) is 13.0 Å². The molecule has 0 saturated carbocycles. The molecule has 2 aromatic rings. The van der Waals surface area contributed by atoms with E-state index in [9.17, 15) is 4.79 Å². The van der Waals surface area contributed by atoms with E-state index < -0.39 is 0 Å². The Labute approximate surface area is 142 Å². The molecule has 3 heterocycles. The molecule has 2 aliphatic heterocycles. The SMILES string of the molecule is CC1CN(c2ccccc2)CCN1C(=O)c1cn2c(n1)CCCC2. The van der Waals surface area contributed by atoms with E-state index in [2.05, 4.69) is 45.6 Å². The molecular weight excluding hydrogens is 300 g/mol. The lowest BCUT2D eigenvalue weighted by Gasteiger charge is -2.40. The van der Waals surface area contributed by atoms with E-state index in [0.29, 0.717) is 5.69 Å². The summed E-state index contributed by atoms with van der Waals surface area (Å²) in [5, 5.41) is 0. The molecule has 2 aliphatic rings. The van der Waals surface area contributed by atoms with Crippen LogP contribution in [0.15, 0.2) is 36.5 Å². The van der Waals surface area contributed by atoms with Crippen LogP contribution in [-0.4, -0.2) is 46.0 Å². The topological polar surface area (TPSA) is 41.4 Å². The maximum atomic E-state index is 12.9. The molecule has 126 valence electrons. The zero-order valence-electron chi connectivity index (χ0n) is 14.2. The predicted octanol–water partition coefficient (Wildman–Crippen LogP) is 2.57. The van der Waals surface area contributed by atoms with Gasteiger partial charge in [0.05, 0.1) is 0 Å². The zero-order valence-corrected chi connectivity index (χ0v) is 14.2. The number of rotatable bonds is 2. The Bertz CT molecular complexity index is 701. The summed E-state index contributed by atoms with van der Waals surface area (Å²) in [6.45, 7) is 5.60. The van der Waals surface area contributed by atoms with Gasteiger partial charge in [-0.25, -0.2) is 4.98 Å². The molecule has 1 atom stereocenters. The molecule has 0 radical (unpaired) electrons. The quantitative estimate of drug-likeness (QED) is 0.852. The molecule has 5 heteroatoms. The van der Waals surface area contributed by atoms with Crippen molar-refractivity contribution >= 4 is 11.6 Å². The molecule has 1 fully saturated rings. The van der Waals surface area contributed by atoms with Crippen molar-refractivity contribution < 1.29 is 4.79 Å². The smallest absolute Gasteiger partial charge is 0.274 e. The third-order valence-electron chi connectivity index (χ3n) is 5.14. The minimum atomic E-state index is 0.0807.